The molecule has 0 radical (unpaired) electrons. The summed E-state index contributed by atoms with van der Waals surface area (Å²) in [6.07, 6.45) is -1.57. The van der Waals surface area contributed by atoms with Crippen LogP contribution >= 0.6 is 11.6 Å². The van der Waals surface area contributed by atoms with Gasteiger partial charge in [0.25, 0.3) is 0 Å². The summed E-state index contributed by atoms with van der Waals surface area (Å²) in [6, 6.07) is 7.57. The van der Waals surface area contributed by atoms with Gasteiger partial charge in [0, 0.05) is 12.4 Å². The fraction of sp³-hybridized carbons (Fsp3) is 0.0833. The molecule has 1 aromatic heterocycles. The van der Waals surface area contributed by atoms with Gasteiger partial charge in [-0.1, -0.05) is 17.7 Å². The maximum Gasteiger partial charge on any atom is 0.573 e. The SMILES string of the molecule is FC(F)(F)Oc1ccc(-c2ccncc2)cc1Cl. The molecule has 0 unspecified atom stereocenters. The second-order valence-corrected chi connectivity index (χ2v) is 3.84. The molecule has 0 aliphatic carbocycles. The van der Waals surface area contributed by atoms with Crippen LogP contribution in [0.4, 0.5) is 13.2 Å². The number of aromatic nitrogens is 1. The Hall–Kier alpha value is -1.75. The maximum absolute atomic E-state index is 12.1. The van der Waals surface area contributed by atoms with Gasteiger partial charge < -0.3 is 4.74 Å². The number of ether oxygens (including phenoxy) is 1. The zero-order valence-corrected chi connectivity index (χ0v) is 9.66. The molecule has 0 amide bonds. The van der Waals surface area contributed by atoms with E-state index in [0.29, 0.717) is 5.56 Å². The van der Waals surface area contributed by atoms with Crippen LogP contribution in [0.3, 0.4) is 0 Å². The Bertz CT molecular complexity index is 543. The third kappa shape index (κ3) is 3.13. The lowest BCUT2D eigenvalue weighted by atomic mass is 10.1. The highest BCUT2D eigenvalue weighted by Gasteiger charge is 2.32. The molecule has 18 heavy (non-hydrogen) atoms. The second-order valence-electron chi connectivity index (χ2n) is 3.43. The molecule has 0 bridgehead atoms. The summed E-state index contributed by atoms with van der Waals surface area (Å²) in [7, 11) is 0. The van der Waals surface area contributed by atoms with E-state index in [2.05, 4.69) is 9.72 Å². The van der Waals surface area contributed by atoms with Crippen molar-refractivity contribution in [1.29, 1.82) is 0 Å². The highest BCUT2D eigenvalue weighted by molar-refractivity contribution is 6.32. The van der Waals surface area contributed by atoms with E-state index >= 15 is 0 Å². The van der Waals surface area contributed by atoms with Gasteiger partial charge >= 0.3 is 6.36 Å². The summed E-state index contributed by atoms with van der Waals surface area (Å²) in [6.45, 7) is 0. The van der Waals surface area contributed by atoms with Gasteiger partial charge in [-0.2, -0.15) is 0 Å². The number of rotatable bonds is 2. The zero-order chi connectivity index (χ0) is 13.2. The van der Waals surface area contributed by atoms with Crippen LogP contribution in [-0.2, 0) is 0 Å². The normalized spacial score (nSPS) is 11.3. The number of pyridine rings is 1. The molecule has 0 saturated carbocycles. The lowest BCUT2D eigenvalue weighted by molar-refractivity contribution is -0.274. The molecule has 6 heteroatoms. The summed E-state index contributed by atoms with van der Waals surface area (Å²) >= 11 is 5.74. The van der Waals surface area contributed by atoms with Crippen LogP contribution < -0.4 is 4.74 Å². The van der Waals surface area contributed by atoms with Crippen molar-refractivity contribution in [2.24, 2.45) is 0 Å². The van der Waals surface area contributed by atoms with Crippen LogP contribution in [0.25, 0.3) is 11.1 Å². The van der Waals surface area contributed by atoms with Crippen molar-refractivity contribution in [2.45, 2.75) is 6.36 Å². The monoisotopic (exact) mass is 273 g/mol. The first-order chi connectivity index (χ1) is 8.46. The van der Waals surface area contributed by atoms with Crippen molar-refractivity contribution in [2.75, 3.05) is 0 Å². The van der Waals surface area contributed by atoms with Gasteiger partial charge in [0.05, 0.1) is 5.02 Å². The molecule has 94 valence electrons. The van der Waals surface area contributed by atoms with E-state index in [1.807, 2.05) is 0 Å². The van der Waals surface area contributed by atoms with E-state index < -0.39 is 12.1 Å². The molecular weight excluding hydrogens is 267 g/mol. The van der Waals surface area contributed by atoms with Gasteiger partial charge in [-0.05, 0) is 35.4 Å². The maximum atomic E-state index is 12.1. The van der Waals surface area contributed by atoms with Gasteiger partial charge in [0.2, 0.25) is 0 Å². The molecule has 0 N–H and O–H groups in total. The quantitative estimate of drug-likeness (QED) is 0.814. The molecule has 2 aromatic rings. The fourth-order valence-electron chi connectivity index (χ4n) is 1.43. The Morgan fingerprint density at radius 2 is 1.67 bits per heavy atom. The molecule has 2 nitrogen and oxygen atoms in total. The molecule has 0 aliphatic rings. The summed E-state index contributed by atoms with van der Waals surface area (Å²) < 4.78 is 39.9. The number of hydrogen-bond acceptors (Lipinski definition) is 2. The number of hydrogen-bond donors (Lipinski definition) is 0. The lowest BCUT2D eigenvalue weighted by Crippen LogP contribution is -2.17. The molecule has 0 atom stereocenters. The first-order valence-electron chi connectivity index (χ1n) is 4.91. The number of benzene rings is 1. The summed E-state index contributed by atoms with van der Waals surface area (Å²) in [5.41, 5.74) is 1.50. The highest BCUT2D eigenvalue weighted by atomic mass is 35.5. The Balaban J connectivity index is 2.31. The predicted molar refractivity (Wildman–Crippen MR) is 61.4 cm³/mol. The standard InChI is InChI=1S/C12H7ClF3NO/c13-10-7-9(8-3-5-17-6-4-8)1-2-11(10)18-12(14,15)16/h1-7H. The average molecular weight is 274 g/mol. The first-order valence-corrected chi connectivity index (χ1v) is 5.29. The lowest BCUT2D eigenvalue weighted by Gasteiger charge is -2.11. The Labute approximate surface area is 106 Å². The molecule has 0 aliphatic heterocycles. The minimum absolute atomic E-state index is 0.0957. The molecule has 0 saturated heterocycles. The Morgan fingerprint density at radius 3 is 2.22 bits per heavy atom. The third-order valence-corrected chi connectivity index (χ3v) is 2.47. The van der Waals surface area contributed by atoms with Crippen molar-refractivity contribution >= 4 is 11.6 Å². The number of alkyl halides is 3. The van der Waals surface area contributed by atoms with Crippen molar-refractivity contribution in [3.63, 3.8) is 0 Å². The minimum Gasteiger partial charge on any atom is -0.404 e. The smallest absolute Gasteiger partial charge is 0.404 e. The van der Waals surface area contributed by atoms with Crippen molar-refractivity contribution < 1.29 is 17.9 Å². The molecule has 1 heterocycles. The first kappa shape index (κ1) is 12.7. The van der Waals surface area contributed by atoms with Gasteiger partial charge in [-0.3, -0.25) is 4.98 Å². The van der Waals surface area contributed by atoms with E-state index in [4.69, 9.17) is 11.6 Å². The predicted octanol–water partition coefficient (Wildman–Crippen LogP) is 4.30. The molecule has 1 aromatic carbocycles. The highest BCUT2D eigenvalue weighted by Crippen LogP contribution is 2.33. The summed E-state index contributed by atoms with van der Waals surface area (Å²) in [5.74, 6) is -0.415. The average Bonchev–Trinajstić information content (AvgIpc) is 2.31. The Kier molecular flexibility index (Phi) is 3.43. The third-order valence-electron chi connectivity index (χ3n) is 2.17. The summed E-state index contributed by atoms with van der Waals surface area (Å²) in [5, 5.41) is -0.0957. The second kappa shape index (κ2) is 4.86. The van der Waals surface area contributed by atoms with Gasteiger partial charge in [0.15, 0.2) is 0 Å². The van der Waals surface area contributed by atoms with Crippen LogP contribution in [0.5, 0.6) is 5.75 Å². The van der Waals surface area contributed by atoms with Crippen molar-refractivity contribution in [3.8, 4) is 16.9 Å². The van der Waals surface area contributed by atoms with Gasteiger partial charge in [-0.25, -0.2) is 0 Å². The fourth-order valence-corrected chi connectivity index (χ4v) is 1.65. The van der Waals surface area contributed by atoms with E-state index in [1.54, 1.807) is 24.5 Å². The van der Waals surface area contributed by atoms with Crippen LogP contribution in [0, 0.1) is 0 Å². The van der Waals surface area contributed by atoms with E-state index in [1.165, 1.54) is 18.2 Å². The van der Waals surface area contributed by atoms with Crippen molar-refractivity contribution in [3.05, 3.63) is 47.7 Å². The van der Waals surface area contributed by atoms with Crippen LogP contribution in [-0.4, -0.2) is 11.3 Å². The summed E-state index contributed by atoms with van der Waals surface area (Å²) in [4.78, 5) is 3.85. The van der Waals surface area contributed by atoms with E-state index in [9.17, 15) is 13.2 Å². The molecular formula is C12H7ClF3NO. The molecule has 0 fully saturated rings. The van der Waals surface area contributed by atoms with Gasteiger partial charge in [-0.15, -0.1) is 13.2 Å². The van der Waals surface area contributed by atoms with Crippen LogP contribution in [0.2, 0.25) is 5.02 Å². The Morgan fingerprint density at radius 1 is 1.00 bits per heavy atom. The van der Waals surface area contributed by atoms with E-state index in [0.717, 1.165) is 5.56 Å². The van der Waals surface area contributed by atoms with Crippen molar-refractivity contribution in [1.82, 2.24) is 4.98 Å². The zero-order valence-electron chi connectivity index (χ0n) is 8.91. The largest absolute Gasteiger partial charge is 0.573 e. The minimum atomic E-state index is -4.75. The van der Waals surface area contributed by atoms with Crippen LogP contribution in [0.1, 0.15) is 0 Å². The number of halogens is 4. The van der Waals surface area contributed by atoms with Gasteiger partial charge in [0.1, 0.15) is 5.75 Å². The number of nitrogens with zero attached hydrogens (tertiary/aromatic N) is 1. The molecule has 0 spiro atoms. The topological polar surface area (TPSA) is 22.1 Å². The van der Waals surface area contributed by atoms with Crippen LogP contribution in [0.15, 0.2) is 42.7 Å². The molecule has 2 rings (SSSR count). The van der Waals surface area contributed by atoms with E-state index in [-0.39, 0.29) is 5.02 Å².